The Bertz CT molecular complexity index is 1220. The molecule has 0 saturated carbocycles. The smallest absolute Gasteiger partial charge is 0.257 e. The van der Waals surface area contributed by atoms with Crippen LogP contribution in [0.25, 0.3) is 22.2 Å². The van der Waals surface area contributed by atoms with Crippen LogP contribution >= 0.6 is 0 Å². The van der Waals surface area contributed by atoms with Gasteiger partial charge in [0.2, 0.25) is 0 Å². The minimum Gasteiger partial charge on any atom is -0.336 e. The molecule has 0 unspecified atom stereocenters. The van der Waals surface area contributed by atoms with Crippen molar-refractivity contribution >= 4 is 16.7 Å². The van der Waals surface area contributed by atoms with Crippen molar-refractivity contribution in [2.24, 2.45) is 0 Å². The molecule has 0 radical (unpaired) electrons. The van der Waals surface area contributed by atoms with Crippen LogP contribution in [0.1, 0.15) is 21.7 Å². The van der Waals surface area contributed by atoms with Crippen molar-refractivity contribution in [1.82, 2.24) is 19.9 Å². The van der Waals surface area contributed by atoms with Crippen LogP contribution in [0.15, 0.2) is 71.3 Å². The molecule has 0 aliphatic carbocycles. The van der Waals surface area contributed by atoms with Crippen molar-refractivity contribution in [2.75, 3.05) is 26.2 Å². The lowest BCUT2D eigenvalue weighted by Crippen LogP contribution is -2.48. The number of hydrogen-bond acceptors (Lipinski definition) is 5. The number of hydrogen-bond donors (Lipinski definition) is 0. The monoisotopic (exact) mass is 412 g/mol. The van der Waals surface area contributed by atoms with Gasteiger partial charge in [-0.1, -0.05) is 53.2 Å². The number of carbonyl (C=O) groups is 1. The molecule has 1 saturated heterocycles. The highest BCUT2D eigenvalue weighted by atomic mass is 16.5. The van der Waals surface area contributed by atoms with E-state index in [4.69, 9.17) is 4.52 Å². The molecule has 6 heteroatoms. The van der Waals surface area contributed by atoms with Gasteiger partial charge in [0.15, 0.2) is 5.82 Å². The Morgan fingerprint density at radius 1 is 0.935 bits per heavy atom. The summed E-state index contributed by atoms with van der Waals surface area (Å²) in [5.74, 6) is 1.31. The maximum absolute atomic E-state index is 13.0. The minimum absolute atomic E-state index is 0.0895. The lowest BCUT2D eigenvalue weighted by Gasteiger charge is -2.34. The zero-order valence-electron chi connectivity index (χ0n) is 17.5. The molecule has 1 amide bonds. The highest BCUT2D eigenvalue weighted by Crippen LogP contribution is 2.20. The Morgan fingerprint density at radius 2 is 1.74 bits per heavy atom. The van der Waals surface area contributed by atoms with Crippen molar-refractivity contribution < 1.29 is 9.32 Å². The van der Waals surface area contributed by atoms with Crippen LogP contribution in [-0.2, 0) is 6.54 Å². The van der Waals surface area contributed by atoms with Gasteiger partial charge in [-0.2, -0.15) is 4.98 Å². The lowest BCUT2D eigenvalue weighted by atomic mass is 10.1. The largest absolute Gasteiger partial charge is 0.336 e. The van der Waals surface area contributed by atoms with Crippen LogP contribution < -0.4 is 0 Å². The summed E-state index contributed by atoms with van der Waals surface area (Å²) in [5, 5.41) is 6.38. The second-order valence-corrected chi connectivity index (χ2v) is 8.02. The first-order valence-electron chi connectivity index (χ1n) is 10.6. The van der Waals surface area contributed by atoms with Crippen LogP contribution in [0, 0.1) is 6.92 Å². The van der Waals surface area contributed by atoms with Gasteiger partial charge < -0.3 is 9.42 Å². The molecule has 156 valence electrons. The van der Waals surface area contributed by atoms with Gasteiger partial charge in [-0.3, -0.25) is 9.69 Å². The van der Waals surface area contributed by atoms with E-state index in [1.165, 1.54) is 0 Å². The molecule has 0 bridgehead atoms. The second kappa shape index (κ2) is 8.32. The number of fused-ring (bicyclic) bond motifs is 1. The zero-order chi connectivity index (χ0) is 21.2. The number of piperazine rings is 1. The number of carbonyl (C=O) groups excluding carboxylic acids is 1. The highest BCUT2D eigenvalue weighted by Gasteiger charge is 2.23. The predicted molar refractivity (Wildman–Crippen MR) is 120 cm³/mol. The predicted octanol–water partition coefficient (Wildman–Crippen LogP) is 4.16. The maximum Gasteiger partial charge on any atom is 0.257 e. The summed E-state index contributed by atoms with van der Waals surface area (Å²) in [6.07, 6.45) is 0. The Morgan fingerprint density at radius 3 is 2.55 bits per heavy atom. The van der Waals surface area contributed by atoms with Gasteiger partial charge in [-0.25, -0.2) is 0 Å². The zero-order valence-corrected chi connectivity index (χ0v) is 17.5. The summed E-state index contributed by atoms with van der Waals surface area (Å²) >= 11 is 0. The maximum atomic E-state index is 13.0. The van der Waals surface area contributed by atoms with Crippen molar-refractivity contribution in [2.45, 2.75) is 13.5 Å². The van der Waals surface area contributed by atoms with E-state index in [-0.39, 0.29) is 5.91 Å². The van der Waals surface area contributed by atoms with Crippen LogP contribution in [0.3, 0.4) is 0 Å². The summed E-state index contributed by atoms with van der Waals surface area (Å²) in [4.78, 5) is 21.7. The fraction of sp³-hybridized carbons (Fsp3) is 0.240. The summed E-state index contributed by atoms with van der Waals surface area (Å²) in [5.41, 5.74) is 2.84. The lowest BCUT2D eigenvalue weighted by molar-refractivity contribution is 0.0624. The molecule has 0 N–H and O–H groups in total. The van der Waals surface area contributed by atoms with E-state index in [0.29, 0.717) is 31.3 Å². The van der Waals surface area contributed by atoms with Crippen molar-refractivity contribution in [3.8, 4) is 11.5 Å². The molecule has 0 spiro atoms. The Balaban J connectivity index is 1.20. The van der Waals surface area contributed by atoms with Gasteiger partial charge in [-0.05, 0) is 42.0 Å². The van der Waals surface area contributed by atoms with Gasteiger partial charge in [0.1, 0.15) is 0 Å². The fourth-order valence-corrected chi connectivity index (χ4v) is 4.03. The van der Waals surface area contributed by atoms with Gasteiger partial charge in [-0.15, -0.1) is 0 Å². The van der Waals surface area contributed by atoms with E-state index in [9.17, 15) is 4.79 Å². The van der Waals surface area contributed by atoms with Crippen LogP contribution in [0.4, 0.5) is 0 Å². The summed E-state index contributed by atoms with van der Waals surface area (Å²) in [7, 11) is 0. The Kier molecular flexibility index (Phi) is 5.22. The molecular formula is C25H24N4O2. The number of rotatable bonds is 4. The molecule has 2 heterocycles. The second-order valence-electron chi connectivity index (χ2n) is 8.02. The number of benzene rings is 3. The third-order valence-electron chi connectivity index (χ3n) is 5.75. The van der Waals surface area contributed by atoms with Gasteiger partial charge in [0.25, 0.3) is 11.8 Å². The number of amides is 1. The number of aromatic nitrogens is 2. The molecule has 1 aliphatic heterocycles. The molecule has 3 aromatic carbocycles. The van der Waals surface area contributed by atoms with Crippen LogP contribution in [-0.4, -0.2) is 52.0 Å². The van der Waals surface area contributed by atoms with Gasteiger partial charge in [0.05, 0.1) is 6.54 Å². The van der Waals surface area contributed by atoms with Crippen molar-refractivity contribution in [3.63, 3.8) is 0 Å². The molecule has 5 rings (SSSR count). The van der Waals surface area contributed by atoms with Crippen molar-refractivity contribution in [3.05, 3.63) is 83.7 Å². The molecule has 1 aliphatic rings. The average molecular weight is 412 g/mol. The fourth-order valence-electron chi connectivity index (χ4n) is 4.03. The molecule has 6 nitrogen and oxygen atoms in total. The SMILES string of the molecule is Cc1cccc(-c2nc(CN3CCN(C(=O)c4ccc5ccccc5c4)CC3)no2)c1. The van der Waals surface area contributed by atoms with E-state index < -0.39 is 0 Å². The number of aryl methyl sites for hydroxylation is 1. The minimum atomic E-state index is 0.0895. The van der Waals surface area contributed by atoms with E-state index in [0.717, 1.165) is 40.6 Å². The molecule has 0 atom stereocenters. The molecule has 1 fully saturated rings. The number of nitrogens with zero attached hydrogens (tertiary/aromatic N) is 4. The third-order valence-corrected chi connectivity index (χ3v) is 5.75. The molecular weight excluding hydrogens is 388 g/mol. The summed E-state index contributed by atoms with van der Waals surface area (Å²) in [6.45, 7) is 5.61. The van der Waals surface area contributed by atoms with Gasteiger partial charge in [0, 0.05) is 37.3 Å². The van der Waals surface area contributed by atoms with Crippen molar-refractivity contribution in [1.29, 1.82) is 0 Å². The normalized spacial score (nSPS) is 14.8. The topological polar surface area (TPSA) is 62.5 Å². The Hall–Kier alpha value is -3.51. The van der Waals surface area contributed by atoms with E-state index >= 15 is 0 Å². The highest BCUT2D eigenvalue weighted by molar-refractivity contribution is 5.98. The van der Waals surface area contributed by atoms with E-state index in [2.05, 4.69) is 21.1 Å². The molecule has 4 aromatic rings. The van der Waals surface area contributed by atoms with Crippen LogP contribution in [0.2, 0.25) is 0 Å². The summed E-state index contributed by atoms with van der Waals surface area (Å²) in [6, 6.07) is 22.1. The van der Waals surface area contributed by atoms with Crippen LogP contribution in [0.5, 0.6) is 0 Å². The summed E-state index contributed by atoms with van der Waals surface area (Å²) < 4.78 is 5.45. The van der Waals surface area contributed by atoms with E-state index in [1.54, 1.807) is 0 Å². The first-order chi connectivity index (χ1) is 15.2. The first kappa shape index (κ1) is 19.5. The molecule has 31 heavy (non-hydrogen) atoms. The van der Waals surface area contributed by atoms with Gasteiger partial charge >= 0.3 is 0 Å². The average Bonchev–Trinajstić information content (AvgIpc) is 3.27. The Labute approximate surface area is 181 Å². The first-order valence-corrected chi connectivity index (χ1v) is 10.6. The standard InChI is InChI=1S/C25H24N4O2/c1-18-5-4-8-21(15-18)24-26-23(27-31-24)17-28-11-13-29(14-12-28)25(30)22-10-9-19-6-2-3-7-20(19)16-22/h2-10,15-16H,11-14,17H2,1H3. The van der Waals surface area contributed by atoms with E-state index in [1.807, 2.05) is 72.5 Å². The quantitative estimate of drug-likeness (QED) is 0.504. The molecule has 1 aromatic heterocycles. The third kappa shape index (κ3) is 4.20.